The van der Waals surface area contributed by atoms with Crippen LogP contribution >= 0.6 is 15.9 Å². The number of benzene rings is 2. The summed E-state index contributed by atoms with van der Waals surface area (Å²) >= 11 is 3.14. The molecule has 1 heterocycles. The monoisotopic (exact) mass is 467 g/mol. The van der Waals surface area contributed by atoms with Gasteiger partial charge in [0.15, 0.2) is 0 Å². The average molecular weight is 468 g/mol. The van der Waals surface area contributed by atoms with Crippen LogP contribution < -0.4 is 10.6 Å². The summed E-state index contributed by atoms with van der Waals surface area (Å²) in [6.07, 6.45) is 0.221. The molecule has 0 unspecified atom stereocenters. The highest BCUT2D eigenvalue weighted by molar-refractivity contribution is 9.10. The molecule has 29 heavy (non-hydrogen) atoms. The van der Waals surface area contributed by atoms with Gasteiger partial charge in [0.2, 0.25) is 5.91 Å². The van der Waals surface area contributed by atoms with Crippen LogP contribution in [0.3, 0.4) is 0 Å². The van der Waals surface area contributed by atoms with E-state index in [1.54, 1.807) is 0 Å². The van der Waals surface area contributed by atoms with Crippen molar-refractivity contribution in [1.82, 2.24) is 4.90 Å². The van der Waals surface area contributed by atoms with Gasteiger partial charge in [-0.1, -0.05) is 0 Å². The van der Waals surface area contributed by atoms with Crippen molar-refractivity contribution in [3.63, 3.8) is 0 Å². The number of morpholine rings is 1. The van der Waals surface area contributed by atoms with Gasteiger partial charge in [0, 0.05) is 36.2 Å². The maximum Gasteiger partial charge on any atom is 0.256 e. The van der Waals surface area contributed by atoms with Gasteiger partial charge < -0.3 is 15.4 Å². The van der Waals surface area contributed by atoms with Crippen LogP contribution in [-0.4, -0.2) is 49.6 Å². The van der Waals surface area contributed by atoms with E-state index in [-0.39, 0.29) is 23.6 Å². The molecular formula is C20H20BrF2N3O3. The molecule has 0 radical (unpaired) electrons. The predicted molar refractivity (Wildman–Crippen MR) is 109 cm³/mol. The molecule has 0 bridgehead atoms. The molecule has 0 aliphatic carbocycles. The Morgan fingerprint density at radius 2 is 1.83 bits per heavy atom. The van der Waals surface area contributed by atoms with Gasteiger partial charge >= 0.3 is 0 Å². The molecule has 1 aliphatic rings. The fourth-order valence-corrected chi connectivity index (χ4v) is 3.40. The Balaban J connectivity index is 1.61. The lowest BCUT2D eigenvalue weighted by molar-refractivity contribution is -0.116. The number of hydrogen-bond acceptors (Lipinski definition) is 4. The van der Waals surface area contributed by atoms with Crippen LogP contribution in [0.5, 0.6) is 0 Å². The maximum absolute atomic E-state index is 14.1. The van der Waals surface area contributed by atoms with Crippen molar-refractivity contribution in [1.29, 1.82) is 0 Å². The third-order valence-corrected chi connectivity index (χ3v) is 5.09. The molecule has 2 amide bonds. The third kappa shape index (κ3) is 6.06. The van der Waals surface area contributed by atoms with E-state index in [0.29, 0.717) is 29.9 Å². The molecule has 9 heteroatoms. The molecule has 0 spiro atoms. The minimum Gasteiger partial charge on any atom is -0.379 e. The van der Waals surface area contributed by atoms with E-state index in [2.05, 4.69) is 31.5 Å². The summed E-state index contributed by atoms with van der Waals surface area (Å²) in [5.41, 5.74) is 0.510. The molecule has 1 aliphatic heterocycles. The summed E-state index contributed by atoms with van der Waals surface area (Å²) in [7, 11) is 0. The van der Waals surface area contributed by atoms with Crippen molar-refractivity contribution in [3.05, 3.63) is 58.1 Å². The maximum atomic E-state index is 14.1. The van der Waals surface area contributed by atoms with Crippen molar-refractivity contribution in [2.24, 2.45) is 0 Å². The number of nitrogens with one attached hydrogen (secondary N) is 2. The zero-order valence-electron chi connectivity index (χ0n) is 15.5. The Labute approximate surface area is 175 Å². The smallest absolute Gasteiger partial charge is 0.256 e. The fraction of sp³-hybridized carbons (Fsp3) is 0.300. The Bertz CT molecular complexity index is 905. The SMILES string of the molecule is O=C(CCN1CCOCC1)Nc1cc(NC(=O)c2ccc(F)cc2Br)ccc1F. The highest BCUT2D eigenvalue weighted by Crippen LogP contribution is 2.23. The van der Waals surface area contributed by atoms with Gasteiger partial charge in [-0.3, -0.25) is 14.5 Å². The minimum atomic E-state index is -0.606. The molecule has 2 N–H and O–H groups in total. The summed E-state index contributed by atoms with van der Waals surface area (Å²) in [5, 5.41) is 5.15. The van der Waals surface area contributed by atoms with E-state index in [1.807, 2.05) is 0 Å². The third-order valence-electron chi connectivity index (χ3n) is 4.43. The number of carbonyl (C=O) groups excluding carboxylic acids is 2. The first-order chi connectivity index (χ1) is 13.9. The molecule has 0 aromatic heterocycles. The Morgan fingerprint density at radius 3 is 2.55 bits per heavy atom. The largest absolute Gasteiger partial charge is 0.379 e. The number of nitrogens with zero attached hydrogens (tertiary/aromatic N) is 1. The second kappa shape index (κ2) is 9.91. The van der Waals surface area contributed by atoms with Crippen molar-refractivity contribution < 1.29 is 23.1 Å². The highest BCUT2D eigenvalue weighted by atomic mass is 79.9. The van der Waals surface area contributed by atoms with E-state index in [9.17, 15) is 18.4 Å². The molecule has 1 fully saturated rings. The summed E-state index contributed by atoms with van der Waals surface area (Å²) in [4.78, 5) is 26.7. The first kappa shape index (κ1) is 21.4. The van der Waals surface area contributed by atoms with Gasteiger partial charge in [-0.05, 0) is 52.3 Å². The van der Waals surface area contributed by atoms with Crippen LogP contribution in [0.4, 0.5) is 20.2 Å². The van der Waals surface area contributed by atoms with Crippen LogP contribution in [0.25, 0.3) is 0 Å². The molecule has 154 valence electrons. The zero-order valence-corrected chi connectivity index (χ0v) is 17.1. The van der Waals surface area contributed by atoms with Gasteiger partial charge in [-0.25, -0.2) is 8.78 Å². The van der Waals surface area contributed by atoms with Crippen LogP contribution in [0.15, 0.2) is 40.9 Å². The van der Waals surface area contributed by atoms with Crippen molar-refractivity contribution >= 4 is 39.1 Å². The van der Waals surface area contributed by atoms with Crippen LogP contribution in [0.2, 0.25) is 0 Å². The topological polar surface area (TPSA) is 70.7 Å². The predicted octanol–water partition coefficient (Wildman–Crippen LogP) is 3.64. The van der Waals surface area contributed by atoms with Crippen molar-refractivity contribution in [3.8, 4) is 0 Å². The average Bonchev–Trinajstić information content (AvgIpc) is 2.69. The van der Waals surface area contributed by atoms with E-state index in [0.717, 1.165) is 19.2 Å². The van der Waals surface area contributed by atoms with Gasteiger partial charge in [-0.15, -0.1) is 0 Å². The minimum absolute atomic E-state index is 0.0204. The van der Waals surface area contributed by atoms with E-state index in [4.69, 9.17) is 4.74 Å². The molecule has 1 saturated heterocycles. The normalized spacial score (nSPS) is 14.4. The van der Waals surface area contributed by atoms with Crippen LogP contribution in [0, 0.1) is 11.6 Å². The molecular weight excluding hydrogens is 448 g/mol. The summed E-state index contributed by atoms with van der Waals surface area (Å²) in [5.74, 6) is -1.89. The number of halogens is 3. The standard InChI is InChI=1S/C20H20BrF2N3O3/c21-16-11-13(22)1-3-15(16)20(28)24-14-2-4-17(23)18(12-14)25-19(27)5-6-26-7-9-29-10-8-26/h1-4,11-12H,5-10H2,(H,24,28)(H,25,27). The highest BCUT2D eigenvalue weighted by Gasteiger charge is 2.15. The van der Waals surface area contributed by atoms with Crippen LogP contribution in [-0.2, 0) is 9.53 Å². The molecule has 0 saturated carbocycles. The van der Waals surface area contributed by atoms with E-state index >= 15 is 0 Å². The zero-order chi connectivity index (χ0) is 20.8. The van der Waals surface area contributed by atoms with Gasteiger partial charge in [0.25, 0.3) is 5.91 Å². The summed E-state index contributed by atoms with van der Waals surface area (Å²) < 4.78 is 32.8. The number of amides is 2. The number of hydrogen-bond donors (Lipinski definition) is 2. The summed E-state index contributed by atoms with van der Waals surface area (Å²) in [6, 6.07) is 7.58. The molecule has 3 rings (SSSR count). The van der Waals surface area contributed by atoms with Gasteiger partial charge in [0.05, 0.1) is 24.5 Å². The van der Waals surface area contributed by atoms with E-state index in [1.165, 1.54) is 30.3 Å². The number of ether oxygens (including phenoxy) is 1. The summed E-state index contributed by atoms with van der Waals surface area (Å²) in [6.45, 7) is 3.38. The number of carbonyl (C=O) groups is 2. The quantitative estimate of drug-likeness (QED) is 0.680. The van der Waals surface area contributed by atoms with E-state index < -0.39 is 17.5 Å². The first-order valence-corrected chi connectivity index (χ1v) is 9.87. The molecule has 2 aromatic carbocycles. The van der Waals surface area contributed by atoms with Crippen molar-refractivity contribution in [2.75, 3.05) is 43.5 Å². The lowest BCUT2D eigenvalue weighted by atomic mass is 10.2. The molecule has 2 aromatic rings. The fourth-order valence-electron chi connectivity index (χ4n) is 2.87. The molecule has 0 atom stereocenters. The lowest BCUT2D eigenvalue weighted by Crippen LogP contribution is -2.38. The van der Waals surface area contributed by atoms with Gasteiger partial charge in [0.1, 0.15) is 11.6 Å². The van der Waals surface area contributed by atoms with Gasteiger partial charge in [-0.2, -0.15) is 0 Å². The number of anilines is 2. The second-order valence-corrected chi connectivity index (χ2v) is 7.38. The first-order valence-electron chi connectivity index (χ1n) is 9.08. The Hall–Kier alpha value is -2.36. The molecule has 6 nitrogen and oxygen atoms in total. The van der Waals surface area contributed by atoms with Crippen molar-refractivity contribution in [2.45, 2.75) is 6.42 Å². The van der Waals surface area contributed by atoms with Crippen LogP contribution in [0.1, 0.15) is 16.8 Å². The lowest BCUT2D eigenvalue weighted by Gasteiger charge is -2.26. The second-order valence-electron chi connectivity index (χ2n) is 6.53. The Morgan fingerprint density at radius 1 is 1.07 bits per heavy atom. The number of rotatable bonds is 6. The Kier molecular flexibility index (Phi) is 7.29.